The second kappa shape index (κ2) is 15.3. The van der Waals surface area contributed by atoms with E-state index in [0.29, 0.717) is 42.6 Å². The molecule has 1 aliphatic carbocycles. The quantitative estimate of drug-likeness (QED) is 0.174. The highest BCUT2D eigenvalue weighted by molar-refractivity contribution is 5.98. The zero-order valence-electron chi connectivity index (χ0n) is 30.3. The van der Waals surface area contributed by atoms with E-state index in [9.17, 15) is 19.2 Å². The summed E-state index contributed by atoms with van der Waals surface area (Å²) in [5, 5.41) is 6.32. The van der Waals surface area contributed by atoms with Crippen molar-refractivity contribution in [3.8, 4) is 11.8 Å². The number of carbonyl (C=O) groups is 3. The van der Waals surface area contributed by atoms with Gasteiger partial charge in [-0.25, -0.2) is 14.8 Å². The monoisotopic (exact) mass is 716 g/mol. The number of hydrogen-bond donors (Lipinski definition) is 3. The lowest BCUT2D eigenvalue weighted by Gasteiger charge is -2.31. The van der Waals surface area contributed by atoms with Crippen molar-refractivity contribution in [2.45, 2.75) is 63.8 Å². The molecule has 3 fully saturated rings. The normalized spacial score (nSPS) is 16.5. The minimum Gasteiger partial charge on any atom is -0.370 e. The van der Waals surface area contributed by atoms with E-state index in [1.54, 1.807) is 36.8 Å². The Morgan fingerprint density at radius 2 is 1.70 bits per heavy atom. The van der Waals surface area contributed by atoms with Crippen LogP contribution in [0.2, 0.25) is 0 Å². The summed E-state index contributed by atoms with van der Waals surface area (Å²) in [5.74, 6) is 7.91. The van der Waals surface area contributed by atoms with Crippen LogP contribution in [0.4, 0.5) is 17.5 Å². The summed E-state index contributed by atoms with van der Waals surface area (Å²) >= 11 is 0. The Kier molecular flexibility index (Phi) is 10.2. The van der Waals surface area contributed by atoms with Crippen molar-refractivity contribution >= 4 is 57.2 Å². The average molecular weight is 717 g/mol. The van der Waals surface area contributed by atoms with E-state index in [-0.39, 0.29) is 29.5 Å². The van der Waals surface area contributed by atoms with Crippen molar-refractivity contribution in [1.82, 2.24) is 39.3 Å². The second-order valence-corrected chi connectivity index (χ2v) is 14.1. The third kappa shape index (κ3) is 7.79. The van der Waals surface area contributed by atoms with Crippen molar-refractivity contribution in [2.24, 2.45) is 13.0 Å². The molecule has 0 unspecified atom stereocenters. The number of aryl methyl sites for hydroxylation is 1. The Labute approximate surface area is 307 Å². The van der Waals surface area contributed by atoms with Crippen molar-refractivity contribution in [2.75, 3.05) is 37.4 Å². The van der Waals surface area contributed by atoms with E-state index in [4.69, 9.17) is 4.98 Å². The van der Waals surface area contributed by atoms with Gasteiger partial charge in [0.05, 0.1) is 28.5 Å². The van der Waals surface area contributed by atoms with Gasteiger partial charge in [0.15, 0.2) is 0 Å². The zero-order chi connectivity index (χ0) is 37.1. The third-order valence-electron chi connectivity index (χ3n) is 10.2. The van der Waals surface area contributed by atoms with Gasteiger partial charge in [0.25, 0.3) is 5.91 Å². The Morgan fingerprint density at radius 1 is 0.943 bits per heavy atom. The lowest BCUT2D eigenvalue weighted by atomic mass is 9.96. The van der Waals surface area contributed by atoms with Crippen LogP contribution in [0, 0.1) is 17.8 Å². The first-order valence-corrected chi connectivity index (χ1v) is 18.2. The molecular weight excluding hydrogens is 672 g/mol. The molecule has 4 aromatic heterocycles. The number of imide groups is 1. The van der Waals surface area contributed by atoms with Gasteiger partial charge in [-0.05, 0) is 62.4 Å². The van der Waals surface area contributed by atoms with Crippen LogP contribution in [0.25, 0.3) is 22.1 Å². The largest absolute Gasteiger partial charge is 0.370 e. The minimum atomic E-state index is -0.138. The molecule has 0 radical (unpaired) electrons. The van der Waals surface area contributed by atoms with Gasteiger partial charge in [-0.3, -0.25) is 24.3 Å². The molecule has 3 aliphatic rings. The van der Waals surface area contributed by atoms with Gasteiger partial charge in [0.1, 0.15) is 17.2 Å². The van der Waals surface area contributed by atoms with Crippen LogP contribution < -0.4 is 21.2 Å². The summed E-state index contributed by atoms with van der Waals surface area (Å²) in [5.41, 5.74) is 4.92. The molecule has 2 saturated heterocycles. The van der Waals surface area contributed by atoms with Crippen LogP contribution >= 0.6 is 0 Å². The Balaban J connectivity index is 0.000000483. The standard InChI is InChI=1S/C34H37N9O2.C5H7NO2/c1-40(2)32(44)28-19-24-20-36-33(39-31(24)43(28)25-8-4-5-9-25)38-29-14-13-26(21-35-29)42-17-15-22(16-18-42)11-12-23-7-6-10-27-30(23)41(3)34(45)37-27;7-4-2-1-3-5(8)6-4/h6-7,10,13-14,19-22,25H,4-5,8-9,15-18H2,1-3H3,(H,37,45)(H,35,36,38,39);1-3H2,(H,6,7,8). The molecular formula is C39H44N10O4. The van der Waals surface area contributed by atoms with E-state index in [0.717, 1.165) is 84.9 Å². The number of pyridine rings is 1. The van der Waals surface area contributed by atoms with E-state index in [1.165, 1.54) is 0 Å². The maximum Gasteiger partial charge on any atom is 0.326 e. The number of fused-ring (bicyclic) bond motifs is 2. The lowest BCUT2D eigenvalue weighted by Crippen LogP contribution is -2.33. The molecule has 8 rings (SSSR count). The van der Waals surface area contributed by atoms with Crippen molar-refractivity contribution in [3.05, 3.63) is 70.5 Å². The highest BCUT2D eigenvalue weighted by Gasteiger charge is 2.27. The van der Waals surface area contributed by atoms with E-state index in [1.807, 2.05) is 36.5 Å². The molecule has 1 saturated carbocycles. The number of carbonyl (C=O) groups excluding carboxylic acids is 3. The van der Waals surface area contributed by atoms with Crippen LogP contribution in [0.15, 0.2) is 53.6 Å². The molecule has 1 aromatic carbocycles. The van der Waals surface area contributed by atoms with Crippen LogP contribution in [-0.4, -0.2) is 78.9 Å². The van der Waals surface area contributed by atoms with Crippen molar-refractivity contribution < 1.29 is 14.4 Å². The number of rotatable bonds is 5. The molecule has 3 N–H and O–H groups in total. The molecule has 14 heteroatoms. The number of H-pyrrole nitrogens is 1. The van der Waals surface area contributed by atoms with Crippen molar-refractivity contribution in [1.29, 1.82) is 0 Å². The van der Waals surface area contributed by atoms with E-state index < -0.39 is 0 Å². The highest BCUT2D eigenvalue weighted by atomic mass is 16.2. The van der Waals surface area contributed by atoms with Gasteiger partial charge in [-0.2, -0.15) is 4.98 Å². The molecule has 0 bridgehead atoms. The van der Waals surface area contributed by atoms with Gasteiger partial charge in [-0.1, -0.05) is 30.7 Å². The fourth-order valence-electron chi connectivity index (χ4n) is 7.31. The number of aromatic nitrogens is 6. The Morgan fingerprint density at radius 3 is 2.36 bits per heavy atom. The molecule has 3 amide bonds. The summed E-state index contributed by atoms with van der Waals surface area (Å²) < 4.78 is 3.74. The number of hydrogen-bond acceptors (Lipinski definition) is 9. The lowest BCUT2D eigenvalue weighted by molar-refractivity contribution is -0.132. The fraction of sp³-hybridized carbons (Fsp3) is 0.410. The second-order valence-electron chi connectivity index (χ2n) is 14.1. The van der Waals surface area contributed by atoms with Gasteiger partial charge in [0, 0.05) is 70.6 Å². The summed E-state index contributed by atoms with van der Waals surface area (Å²) in [7, 11) is 5.33. The van der Waals surface area contributed by atoms with Gasteiger partial charge >= 0.3 is 5.69 Å². The first-order chi connectivity index (χ1) is 25.6. The van der Waals surface area contributed by atoms with Crippen LogP contribution in [-0.2, 0) is 16.6 Å². The van der Waals surface area contributed by atoms with Crippen LogP contribution in [0.1, 0.15) is 79.9 Å². The number of aromatic amines is 1. The summed E-state index contributed by atoms with van der Waals surface area (Å²) in [6.07, 6.45) is 11.7. The average Bonchev–Trinajstić information content (AvgIpc) is 3.89. The Bertz CT molecular complexity index is 2260. The van der Waals surface area contributed by atoms with Gasteiger partial charge < -0.3 is 24.7 Å². The number of piperidine rings is 2. The predicted molar refractivity (Wildman–Crippen MR) is 203 cm³/mol. The highest BCUT2D eigenvalue weighted by Crippen LogP contribution is 2.35. The summed E-state index contributed by atoms with van der Waals surface area (Å²) in [6.45, 7) is 1.79. The molecule has 14 nitrogen and oxygen atoms in total. The number of anilines is 3. The number of imidazole rings is 1. The summed E-state index contributed by atoms with van der Waals surface area (Å²) in [4.78, 5) is 66.6. The number of nitrogens with zero attached hydrogens (tertiary/aromatic N) is 7. The van der Waals surface area contributed by atoms with Crippen LogP contribution in [0.5, 0.6) is 0 Å². The Hall–Kier alpha value is -5.97. The third-order valence-corrected chi connectivity index (χ3v) is 10.2. The zero-order valence-corrected chi connectivity index (χ0v) is 30.3. The molecule has 5 aromatic rings. The molecule has 0 atom stereocenters. The van der Waals surface area contributed by atoms with Crippen molar-refractivity contribution in [3.63, 3.8) is 0 Å². The maximum atomic E-state index is 13.0. The first-order valence-electron chi connectivity index (χ1n) is 18.2. The molecule has 6 heterocycles. The number of para-hydroxylation sites is 1. The minimum absolute atomic E-state index is 0.0230. The number of nitrogens with one attached hydrogen (secondary N) is 3. The number of benzene rings is 1. The molecule has 53 heavy (non-hydrogen) atoms. The van der Waals surface area contributed by atoms with Gasteiger partial charge in [-0.15, -0.1) is 0 Å². The van der Waals surface area contributed by atoms with E-state index >= 15 is 0 Å². The predicted octanol–water partition coefficient (Wildman–Crippen LogP) is 4.65. The molecule has 274 valence electrons. The maximum absolute atomic E-state index is 13.0. The molecule has 0 spiro atoms. The topological polar surface area (TPSA) is 163 Å². The van der Waals surface area contributed by atoms with Gasteiger partial charge in [0.2, 0.25) is 17.8 Å². The number of amides is 3. The van der Waals surface area contributed by atoms with E-state index in [2.05, 4.69) is 53.0 Å². The van der Waals surface area contributed by atoms with Crippen LogP contribution in [0.3, 0.4) is 0 Å². The molecule has 2 aliphatic heterocycles. The SMILES string of the molecule is CN(C)C(=O)c1cc2cnc(Nc3ccc(N4CCC(C#Cc5cccc6[nH]c(=O)n(C)c56)CC4)cn3)nc2n1C1CCCC1.O=C1CCCC(=O)N1. The fourth-order valence-corrected chi connectivity index (χ4v) is 7.31. The summed E-state index contributed by atoms with van der Waals surface area (Å²) in [6, 6.07) is 12.0. The smallest absolute Gasteiger partial charge is 0.326 e. The first kappa shape index (κ1) is 35.4.